The fourth-order valence-electron chi connectivity index (χ4n) is 2.30. The topological polar surface area (TPSA) is 66.8 Å². The minimum absolute atomic E-state index is 0.181. The van der Waals surface area contributed by atoms with Crippen molar-refractivity contribution in [3.63, 3.8) is 0 Å². The maximum absolute atomic E-state index is 11.6. The van der Waals surface area contributed by atoms with E-state index in [-0.39, 0.29) is 5.75 Å². The molecule has 0 amide bonds. The summed E-state index contributed by atoms with van der Waals surface area (Å²) in [5, 5.41) is 19.8. The Hall–Kier alpha value is -2.18. The molecule has 0 saturated carbocycles. The van der Waals surface area contributed by atoms with Crippen LogP contribution < -0.4 is 4.74 Å². The SMILES string of the molecule is COc1cc2c(Sc3ccc(O)cc3)c(C(=O)O)sc2cc1C. The van der Waals surface area contributed by atoms with Crippen LogP contribution in [0.5, 0.6) is 11.5 Å². The maximum Gasteiger partial charge on any atom is 0.347 e. The van der Waals surface area contributed by atoms with Gasteiger partial charge in [-0.15, -0.1) is 11.3 Å². The van der Waals surface area contributed by atoms with E-state index >= 15 is 0 Å². The first kappa shape index (κ1) is 15.7. The van der Waals surface area contributed by atoms with Gasteiger partial charge in [0.1, 0.15) is 16.4 Å². The molecule has 0 atom stereocenters. The van der Waals surface area contributed by atoms with Gasteiger partial charge in [0.2, 0.25) is 0 Å². The summed E-state index contributed by atoms with van der Waals surface area (Å²) in [4.78, 5) is 13.5. The number of aromatic carboxylic acids is 1. The lowest BCUT2D eigenvalue weighted by atomic mass is 10.1. The number of carboxylic acids is 1. The third kappa shape index (κ3) is 3.00. The second-order valence-corrected chi connectivity index (χ2v) is 7.12. The molecule has 0 saturated heterocycles. The van der Waals surface area contributed by atoms with Crippen molar-refractivity contribution in [1.82, 2.24) is 0 Å². The highest BCUT2D eigenvalue weighted by Gasteiger charge is 2.20. The van der Waals surface area contributed by atoms with Crippen molar-refractivity contribution in [2.24, 2.45) is 0 Å². The first-order valence-corrected chi connectivity index (χ1v) is 8.44. The van der Waals surface area contributed by atoms with Crippen LogP contribution in [0.2, 0.25) is 0 Å². The number of rotatable bonds is 4. The normalized spacial score (nSPS) is 10.9. The smallest absolute Gasteiger partial charge is 0.347 e. The summed E-state index contributed by atoms with van der Waals surface area (Å²) < 4.78 is 6.28. The molecule has 4 nitrogen and oxygen atoms in total. The summed E-state index contributed by atoms with van der Waals surface area (Å²) in [6, 6.07) is 10.5. The predicted octanol–water partition coefficient (Wildman–Crippen LogP) is 4.77. The number of hydrogen-bond acceptors (Lipinski definition) is 5. The molecule has 0 fully saturated rings. The van der Waals surface area contributed by atoms with E-state index in [1.807, 2.05) is 19.1 Å². The molecule has 0 unspecified atom stereocenters. The van der Waals surface area contributed by atoms with E-state index in [2.05, 4.69) is 0 Å². The number of thiophene rings is 1. The van der Waals surface area contributed by atoms with E-state index in [0.29, 0.717) is 9.77 Å². The van der Waals surface area contributed by atoms with E-state index < -0.39 is 5.97 Å². The molecule has 0 radical (unpaired) electrons. The summed E-state index contributed by atoms with van der Waals surface area (Å²) in [5.74, 6) is -0.0239. The molecule has 118 valence electrons. The van der Waals surface area contributed by atoms with Gasteiger partial charge in [-0.3, -0.25) is 0 Å². The predicted molar refractivity (Wildman–Crippen MR) is 92.3 cm³/mol. The van der Waals surface area contributed by atoms with Gasteiger partial charge in [-0.05, 0) is 48.9 Å². The Balaban J connectivity index is 2.17. The highest BCUT2D eigenvalue weighted by molar-refractivity contribution is 7.99. The van der Waals surface area contributed by atoms with E-state index in [1.165, 1.54) is 23.1 Å². The van der Waals surface area contributed by atoms with Crippen molar-refractivity contribution in [3.05, 3.63) is 46.8 Å². The second kappa shape index (κ2) is 6.14. The largest absolute Gasteiger partial charge is 0.508 e. The number of phenols is 1. The van der Waals surface area contributed by atoms with E-state index in [1.54, 1.807) is 31.4 Å². The van der Waals surface area contributed by atoms with Crippen LogP contribution in [-0.2, 0) is 0 Å². The number of fused-ring (bicyclic) bond motifs is 1. The first-order valence-electron chi connectivity index (χ1n) is 6.81. The lowest BCUT2D eigenvalue weighted by Gasteiger charge is -2.06. The number of aromatic hydroxyl groups is 1. The number of carboxylic acid groups (broad SMARTS) is 1. The molecule has 0 spiro atoms. The molecule has 1 aromatic heterocycles. The molecule has 2 N–H and O–H groups in total. The van der Waals surface area contributed by atoms with Crippen molar-refractivity contribution >= 4 is 39.2 Å². The lowest BCUT2D eigenvalue weighted by molar-refractivity contribution is 0.0699. The Morgan fingerprint density at radius 3 is 2.52 bits per heavy atom. The monoisotopic (exact) mass is 346 g/mol. The molecular formula is C17H14O4S2. The van der Waals surface area contributed by atoms with Gasteiger partial charge in [-0.1, -0.05) is 11.8 Å². The second-order valence-electron chi connectivity index (χ2n) is 4.98. The Kier molecular flexibility index (Phi) is 4.19. The molecule has 3 aromatic rings. The van der Waals surface area contributed by atoms with Crippen LogP contribution in [0.1, 0.15) is 15.2 Å². The van der Waals surface area contributed by atoms with Crippen molar-refractivity contribution in [2.45, 2.75) is 16.7 Å². The molecule has 23 heavy (non-hydrogen) atoms. The fourth-order valence-corrected chi connectivity index (χ4v) is 4.59. The zero-order chi connectivity index (χ0) is 16.6. The molecule has 3 rings (SSSR count). The third-order valence-electron chi connectivity index (χ3n) is 3.41. The van der Waals surface area contributed by atoms with Gasteiger partial charge < -0.3 is 14.9 Å². The third-order valence-corrected chi connectivity index (χ3v) is 5.82. The Bertz CT molecular complexity index is 882. The van der Waals surface area contributed by atoms with Gasteiger partial charge in [0.15, 0.2) is 0 Å². The Morgan fingerprint density at radius 1 is 1.22 bits per heavy atom. The molecular weight excluding hydrogens is 332 g/mol. The number of ether oxygens (including phenoxy) is 1. The van der Waals surface area contributed by atoms with Crippen LogP contribution in [0, 0.1) is 6.92 Å². The average Bonchev–Trinajstić information content (AvgIpc) is 2.86. The summed E-state index contributed by atoms with van der Waals surface area (Å²) in [6.07, 6.45) is 0. The van der Waals surface area contributed by atoms with Crippen LogP contribution in [-0.4, -0.2) is 23.3 Å². The summed E-state index contributed by atoms with van der Waals surface area (Å²) in [7, 11) is 1.60. The van der Waals surface area contributed by atoms with E-state index in [9.17, 15) is 15.0 Å². The highest BCUT2D eigenvalue weighted by Crippen LogP contribution is 2.43. The molecule has 0 aliphatic carbocycles. The van der Waals surface area contributed by atoms with Crippen molar-refractivity contribution < 1.29 is 19.7 Å². The van der Waals surface area contributed by atoms with Crippen molar-refractivity contribution in [1.29, 1.82) is 0 Å². The minimum atomic E-state index is -0.941. The van der Waals surface area contributed by atoms with E-state index in [0.717, 1.165) is 26.3 Å². The van der Waals surface area contributed by atoms with Gasteiger partial charge in [-0.25, -0.2) is 4.79 Å². The van der Waals surface area contributed by atoms with Crippen LogP contribution >= 0.6 is 23.1 Å². The quantitative estimate of drug-likeness (QED) is 0.712. The standard InChI is InChI=1S/C17H14O4S2/c1-9-7-14-12(8-13(9)21-2)15(16(23-14)17(19)20)22-11-5-3-10(18)4-6-11/h3-8,18H,1-2H3,(H,19,20). The number of hydrogen-bond donors (Lipinski definition) is 2. The lowest BCUT2D eigenvalue weighted by Crippen LogP contribution is -1.93. The van der Waals surface area contributed by atoms with Crippen molar-refractivity contribution in [2.75, 3.05) is 7.11 Å². The van der Waals surface area contributed by atoms with Gasteiger partial charge in [0.05, 0.1) is 7.11 Å². The van der Waals surface area contributed by atoms with Crippen LogP contribution in [0.3, 0.4) is 0 Å². The number of phenolic OH excluding ortho intramolecular Hbond substituents is 1. The van der Waals surface area contributed by atoms with Gasteiger partial charge in [0.25, 0.3) is 0 Å². The highest BCUT2D eigenvalue weighted by atomic mass is 32.2. The maximum atomic E-state index is 11.6. The summed E-state index contributed by atoms with van der Waals surface area (Å²) in [6.45, 7) is 1.94. The van der Waals surface area contributed by atoms with Gasteiger partial charge >= 0.3 is 5.97 Å². The molecule has 0 aliphatic rings. The average molecular weight is 346 g/mol. The molecule has 6 heteroatoms. The molecule has 0 bridgehead atoms. The summed E-state index contributed by atoms with van der Waals surface area (Å²) >= 11 is 2.64. The summed E-state index contributed by atoms with van der Waals surface area (Å²) in [5.41, 5.74) is 0.972. The Morgan fingerprint density at radius 2 is 1.91 bits per heavy atom. The number of carbonyl (C=O) groups is 1. The number of benzene rings is 2. The van der Waals surface area contributed by atoms with Crippen LogP contribution in [0.25, 0.3) is 10.1 Å². The molecule has 1 heterocycles. The fraction of sp³-hybridized carbons (Fsp3) is 0.118. The number of aryl methyl sites for hydroxylation is 1. The van der Waals surface area contributed by atoms with Crippen molar-refractivity contribution in [3.8, 4) is 11.5 Å². The van der Waals surface area contributed by atoms with Crippen LogP contribution in [0.4, 0.5) is 0 Å². The first-order chi connectivity index (χ1) is 11.0. The van der Waals surface area contributed by atoms with Crippen LogP contribution in [0.15, 0.2) is 46.2 Å². The number of methoxy groups -OCH3 is 1. The zero-order valence-corrected chi connectivity index (χ0v) is 14.1. The van der Waals surface area contributed by atoms with E-state index in [4.69, 9.17) is 4.74 Å². The Labute approximate surface area is 141 Å². The van der Waals surface area contributed by atoms with Gasteiger partial charge in [-0.2, -0.15) is 0 Å². The zero-order valence-electron chi connectivity index (χ0n) is 12.5. The molecule has 0 aliphatic heterocycles. The van der Waals surface area contributed by atoms with Gasteiger partial charge in [0, 0.05) is 19.9 Å². The molecule has 2 aromatic carbocycles. The minimum Gasteiger partial charge on any atom is -0.508 e.